The van der Waals surface area contributed by atoms with Crippen molar-refractivity contribution >= 4 is 27.5 Å². The van der Waals surface area contributed by atoms with Crippen molar-refractivity contribution in [3.8, 4) is 0 Å². The third kappa shape index (κ3) is 4.48. The number of halogens is 1. The molecule has 0 atom stereocenters. The number of benzene rings is 1. The fourth-order valence-electron chi connectivity index (χ4n) is 4.80. The van der Waals surface area contributed by atoms with Crippen LogP contribution in [0.2, 0.25) is 5.02 Å². The maximum atomic E-state index is 13.1. The van der Waals surface area contributed by atoms with E-state index in [0.29, 0.717) is 24.7 Å². The molecule has 0 bridgehead atoms. The Morgan fingerprint density at radius 1 is 0.897 bits per heavy atom. The van der Waals surface area contributed by atoms with E-state index in [2.05, 4.69) is 4.90 Å². The number of nitrogens with zero attached hydrogens (tertiary/aromatic N) is 3. The van der Waals surface area contributed by atoms with Crippen molar-refractivity contribution in [2.24, 2.45) is 0 Å². The molecule has 4 rings (SSSR count). The van der Waals surface area contributed by atoms with Crippen LogP contribution in [0.25, 0.3) is 0 Å². The smallest absolute Gasteiger partial charge is 0.253 e. The fraction of sp³-hybridized carbons (Fsp3) is 0.667. The van der Waals surface area contributed by atoms with E-state index >= 15 is 0 Å². The van der Waals surface area contributed by atoms with Crippen molar-refractivity contribution in [3.63, 3.8) is 0 Å². The summed E-state index contributed by atoms with van der Waals surface area (Å²) >= 11 is 6.25. The molecule has 160 valence electrons. The van der Waals surface area contributed by atoms with Crippen LogP contribution < -0.4 is 0 Å². The molecule has 3 aliphatic rings. The molecule has 0 aromatic heterocycles. The number of piperidine rings is 2. The summed E-state index contributed by atoms with van der Waals surface area (Å²) in [5, 5.41) is 0.180. The maximum Gasteiger partial charge on any atom is 0.253 e. The highest BCUT2D eigenvalue weighted by Gasteiger charge is 2.31. The molecule has 3 fully saturated rings. The van der Waals surface area contributed by atoms with E-state index < -0.39 is 10.0 Å². The zero-order valence-corrected chi connectivity index (χ0v) is 18.4. The monoisotopic (exact) mass is 439 g/mol. The molecule has 3 saturated heterocycles. The second-order valence-electron chi connectivity index (χ2n) is 8.38. The number of hydrogen-bond donors (Lipinski definition) is 0. The quantitative estimate of drug-likeness (QED) is 0.722. The van der Waals surface area contributed by atoms with Crippen molar-refractivity contribution in [1.29, 1.82) is 0 Å². The largest absolute Gasteiger partial charge is 0.339 e. The van der Waals surface area contributed by atoms with Crippen LogP contribution in [-0.4, -0.2) is 73.7 Å². The normalized spacial score (nSPS) is 22.9. The zero-order chi connectivity index (χ0) is 20.4. The summed E-state index contributed by atoms with van der Waals surface area (Å²) in [6.07, 6.45) is 7.29. The van der Waals surface area contributed by atoms with Gasteiger partial charge in [0.15, 0.2) is 0 Å². The van der Waals surface area contributed by atoms with Gasteiger partial charge in [0.1, 0.15) is 4.90 Å². The molecule has 1 aromatic rings. The molecule has 0 radical (unpaired) electrons. The standard InChI is InChI=1S/C21H30ClN3O3S/c22-19-7-6-17(16-20(19)29(27,28)25-12-2-1-3-13-25)21(26)24-14-8-18(9-15-24)23-10-4-5-11-23/h6-7,16,18H,1-5,8-15H2. The van der Waals surface area contributed by atoms with Crippen LogP contribution in [0.4, 0.5) is 0 Å². The topological polar surface area (TPSA) is 60.9 Å². The van der Waals surface area contributed by atoms with Crippen LogP contribution in [0, 0.1) is 0 Å². The first-order valence-electron chi connectivity index (χ1n) is 10.8. The molecule has 8 heteroatoms. The minimum absolute atomic E-state index is 0.0545. The lowest BCUT2D eigenvalue weighted by Crippen LogP contribution is -2.46. The first-order valence-corrected chi connectivity index (χ1v) is 12.6. The maximum absolute atomic E-state index is 13.1. The number of hydrogen-bond acceptors (Lipinski definition) is 4. The van der Waals surface area contributed by atoms with E-state index in [9.17, 15) is 13.2 Å². The summed E-state index contributed by atoms with van der Waals surface area (Å²) in [4.78, 5) is 17.5. The molecule has 0 N–H and O–H groups in total. The van der Waals surface area contributed by atoms with Crippen molar-refractivity contribution in [2.45, 2.75) is 55.9 Å². The Morgan fingerprint density at radius 2 is 1.52 bits per heavy atom. The minimum atomic E-state index is -3.68. The first-order chi connectivity index (χ1) is 14.0. The molecule has 1 aromatic carbocycles. The second kappa shape index (κ2) is 8.92. The van der Waals surface area contributed by atoms with E-state index in [0.717, 1.165) is 45.2 Å². The lowest BCUT2D eigenvalue weighted by Gasteiger charge is -2.36. The fourth-order valence-corrected chi connectivity index (χ4v) is 6.82. The van der Waals surface area contributed by atoms with Crippen molar-refractivity contribution in [3.05, 3.63) is 28.8 Å². The third-order valence-electron chi connectivity index (χ3n) is 6.52. The summed E-state index contributed by atoms with van der Waals surface area (Å²) in [5.41, 5.74) is 0.407. The lowest BCUT2D eigenvalue weighted by atomic mass is 10.0. The zero-order valence-electron chi connectivity index (χ0n) is 16.9. The number of amides is 1. The molecule has 6 nitrogen and oxygen atoms in total. The summed E-state index contributed by atoms with van der Waals surface area (Å²) in [7, 11) is -3.68. The number of rotatable bonds is 4. The molecular formula is C21H30ClN3O3S. The second-order valence-corrected chi connectivity index (χ2v) is 10.7. The highest BCUT2D eigenvalue weighted by molar-refractivity contribution is 7.89. The number of carbonyl (C=O) groups excluding carboxylic acids is 1. The van der Waals surface area contributed by atoms with Gasteiger partial charge < -0.3 is 9.80 Å². The van der Waals surface area contributed by atoms with Crippen LogP contribution in [0.5, 0.6) is 0 Å². The first kappa shape index (κ1) is 21.1. The van der Waals surface area contributed by atoms with Gasteiger partial charge in [0, 0.05) is 37.8 Å². The van der Waals surface area contributed by atoms with Crippen LogP contribution in [-0.2, 0) is 10.0 Å². The molecule has 29 heavy (non-hydrogen) atoms. The molecule has 3 heterocycles. The Labute approximate surface area is 178 Å². The van der Waals surface area contributed by atoms with Gasteiger partial charge in [-0.05, 0) is 69.8 Å². The average molecular weight is 440 g/mol. The Bertz CT molecular complexity index is 841. The Kier molecular flexibility index (Phi) is 6.49. The number of sulfonamides is 1. The van der Waals surface area contributed by atoms with Crippen LogP contribution in [0.15, 0.2) is 23.1 Å². The molecule has 1 amide bonds. The van der Waals surface area contributed by atoms with E-state index in [4.69, 9.17) is 11.6 Å². The highest BCUT2D eigenvalue weighted by atomic mass is 35.5. The molecule has 0 unspecified atom stereocenters. The van der Waals surface area contributed by atoms with Gasteiger partial charge in [-0.25, -0.2) is 8.42 Å². The summed E-state index contributed by atoms with van der Waals surface area (Å²) < 4.78 is 27.6. The minimum Gasteiger partial charge on any atom is -0.339 e. The van der Waals surface area contributed by atoms with E-state index in [1.54, 1.807) is 12.1 Å². The molecular weight excluding hydrogens is 410 g/mol. The lowest BCUT2D eigenvalue weighted by molar-refractivity contribution is 0.0644. The van der Waals surface area contributed by atoms with E-state index in [-0.39, 0.29) is 15.8 Å². The van der Waals surface area contributed by atoms with Gasteiger partial charge in [-0.2, -0.15) is 4.31 Å². The molecule has 0 aliphatic carbocycles. The average Bonchev–Trinajstić information content (AvgIpc) is 3.29. The predicted molar refractivity (Wildman–Crippen MR) is 114 cm³/mol. The Morgan fingerprint density at radius 3 is 2.17 bits per heavy atom. The van der Waals surface area contributed by atoms with Crippen LogP contribution in [0.1, 0.15) is 55.3 Å². The Hall–Kier alpha value is -1.15. The van der Waals surface area contributed by atoms with Crippen LogP contribution in [0.3, 0.4) is 0 Å². The van der Waals surface area contributed by atoms with Gasteiger partial charge in [0.2, 0.25) is 10.0 Å². The highest BCUT2D eigenvalue weighted by Crippen LogP contribution is 2.29. The predicted octanol–water partition coefficient (Wildman–Crippen LogP) is 3.22. The van der Waals surface area contributed by atoms with Gasteiger partial charge in [-0.1, -0.05) is 18.0 Å². The van der Waals surface area contributed by atoms with Crippen LogP contribution >= 0.6 is 11.6 Å². The van der Waals surface area contributed by atoms with Crippen molar-refractivity contribution in [2.75, 3.05) is 39.3 Å². The number of carbonyl (C=O) groups is 1. The van der Waals surface area contributed by atoms with Gasteiger partial charge in [0.25, 0.3) is 5.91 Å². The van der Waals surface area contributed by atoms with Gasteiger partial charge >= 0.3 is 0 Å². The summed E-state index contributed by atoms with van der Waals surface area (Å²) in [6, 6.07) is 5.23. The number of likely N-dealkylation sites (tertiary alicyclic amines) is 2. The van der Waals surface area contributed by atoms with Gasteiger partial charge in [0.05, 0.1) is 5.02 Å². The Balaban J connectivity index is 1.47. The van der Waals surface area contributed by atoms with E-state index in [1.807, 2.05) is 4.90 Å². The molecule has 3 aliphatic heterocycles. The van der Waals surface area contributed by atoms with E-state index in [1.165, 1.54) is 36.3 Å². The SMILES string of the molecule is O=C(c1ccc(Cl)c(S(=O)(=O)N2CCCCC2)c1)N1CCC(N2CCCC2)CC1. The molecule has 0 saturated carbocycles. The van der Waals surface area contributed by atoms with Gasteiger partial charge in [-0.3, -0.25) is 4.79 Å². The molecule has 0 spiro atoms. The summed E-state index contributed by atoms with van der Waals surface area (Å²) in [5.74, 6) is -0.100. The third-order valence-corrected chi connectivity index (χ3v) is 8.90. The van der Waals surface area contributed by atoms with Gasteiger partial charge in [-0.15, -0.1) is 0 Å². The van der Waals surface area contributed by atoms with Crippen molar-refractivity contribution in [1.82, 2.24) is 14.1 Å². The van der Waals surface area contributed by atoms with Crippen molar-refractivity contribution < 1.29 is 13.2 Å². The summed E-state index contributed by atoms with van der Waals surface area (Å²) in [6.45, 7) is 4.82.